The molecular formula is C12H20N2O3. The van der Waals surface area contributed by atoms with Crippen molar-refractivity contribution >= 4 is 12.0 Å². The number of nitrogens with zero attached hydrogens (tertiary/aromatic N) is 2. The average molecular weight is 240 g/mol. The van der Waals surface area contributed by atoms with Crippen molar-refractivity contribution in [1.82, 2.24) is 9.80 Å². The first kappa shape index (κ1) is 12.2. The van der Waals surface area contributed by atoms with Crippen LogP contribution in [0.25, 0.3) is 0 Å². The fourth-order valence-corrected chi connectivity index (χ4v) is 3.17. The second kappa shape index (κ2) is 4.55. The number of hydrogen-bond donors (Lipinski definition) is 1. The van der Waals surface area contributed by atoms with Crippen molar-refractivity contribution in [2.75, 3.05) is 20.1 Å². The highest BCUT2D eigenvalue weighted by Gasteiger charge is 2.49. The van der Waals surface area contributed by atoms with Crippen LogP contribution in [-0.2, 0) is 4.79 Å². The van der Waals surface area contributed by atoms with Gasteiger partial charge >= 0.3 is 12.0 Å². The van der Waals surface area contributed by atoms with Crippen LogP contribution < -0.4 is 0 Å². The van der Waals surface area contributed by atoms with Crippen LogP contribution in [0.4, 0.5) is 4.79 Å². The predicted octanol–water partition coefficient (Wildman–Crippen LogP) is 1.24. The number of hydrogen-bond acceptors (Lipinski definition) is 2. The van der Waals surface area contributed by atoms with E-state index in [-0.39, 0.29) is 11.9 Å². The second-order valence-electron chi connectivity index (χ2n) is 5.09. The number of carbonyl (C=O) groups excluding carboxylic acids is 1. The lowest BCUT2D eigenvalue weighted by Gasteiger charge is -2.28. The molecule has 2 aliphatic rings. The molecule has 0 aromatic rings. The molecule has 1 saturated carbocycles. The summed E-state index contributed by atoms with van der Waals surface area (Å²) in [7, 11) is 1.72. The number of fused-ring (bicyclic) bond motifs is 1. The van der Waals surface area contributed by atoms with Gasteiger partial charge in [-0.05, 0) is 31.6 Å². The lowest BCUT2D eigenvalue weighted by molar-refractivity contribution is -0.142. The molecule has 2 fully saturated rings. The van der Waals surface area contributed by atoms with E-state index in [1.54, 1.807) is 16.8 Å². The van der Waals surface area contributed by atoms with E-state index < -0.39 is 12.0 Å². The zero-order chi connectivity index (χ0) is 12.6. The van der Waals surface area contributed by atoms with Crippen molar-refractivity contribution < 1.29 is 14.7 Å². The van der Waals surface area contributed by atoms with E-state index in [4.69, 9.17) is 0 Å². The topological polar surface area (TPSA) is 60.9 Å². The Morgan fingerprint density at radius 3 is 2.71 bits per heavy atom. The van der Waals surface area contributed by atoms with Crippen LogP contribution in [0.2, 0.25) is 0 Å². The van der Waals surface area contributed by atoms with Crippen LogP contribution >= 0.6 is 0 Å². The number of likely N-dealkylation sites (tertiary alicyclic amines) is 1. The predicted molar refractivity (Wildman–Crippen MR) is 62.7 cm³/mol. The molecule has 1 heterocycles. The van der Waals surface area contributed by atoms with Gasteiger partial charge in [0, 0.05) is 20.1 Å². The number of carboxylic acids is 1. The number of amides is 2. The van der Waals surface area contributed by atoms with E-state index in [9.17, 15) is 14.7 Å². The van der Waals surface area contributed by atoms with Gasteiger partial charge in [0.2, 0.25) is 0 Å². The van der Waals surface area contributed by atoms with Gasteiger partial charge in [-0.1, -0.05) is 6.42 Å². The lowest BCUT2D eigenvalue weighted by atomic mass is 9.94. The minimum atomic E-state index is -0.850. The highest BCUT2D eigenvalue weighted by molar-refractivity contribution is 5.83. The summed E-state index contributed by atoms with van der Waals surface area (Å²) in [6, 6.07) is -0.752. The van der Waals surface area contributed by atoms with Crippen molar-refractivity contribution in [2.45, 2.75) is 32.2 Å². The Balaban J connectivity index is 2.17. The van der Waals surface area contributed by atoms with Crippen LogP contribution in [0.5, 0.6) is 0 Å². The number of aliphatic carboxylic acids is 1. The highest BCUT2D eigenvalue weighted by atomic mass is 16.4. The van der Waals surface area contributed by atoms with Crippen molar-refractivity contribution in [3.8, 4) is 0 Å². The van der Waals surface area contributed by atoms with Gasteiger partial charge in [0.25, 0.3) is 0 Å². The summed E-state index contributed by atoms with van der Waals surface area (Å²) in [6.07, 6.45) is 3.11. The first-order chi connectivity index (χ1) is 8.06. The minimum absolute atomic E-state index is 0.144. The van der Waals surface area contributed by atoms with Crippen LogP contribution in [0.3, 0.4) is 0 Å². The Morgan fingerprint density at radius 1 is 1.41 bits per heavy atom. The average Bonchev–Trinajstić information content (AvgIpc) is 2.85. The molecule has 1 aliphatic carbocycles. The molecule has 0 aromatic heterocycles. The van der Waals surface area contributed by atoms with E-state index >= 15 is 0 Å². The molecule has 3 atom stereocenters. The molecule has 0 spiro atoms. The molecule has 2 amide bonds. The van der Waals surface area contributed by atoms with Crippen LogP contribution in [-0.4, -0.2) is 53.1 Å². The molecule has 3 unspecified atom stereocenters. The molecular weight excluding hydrogens is 220 g/mol. The van der Waals surface area contributed by atoms with E-state index in [2.05, 4.69) is 0 Å². The maximum absolute atomic E-state index is 12.1. The number of carboxylic acid groups (broad SMARTS) is 1. The summed E-state index contributed by atoms with van der Waals surface area (Å²) < 4.78 is 0. The quantitative estimate of drug-likeness (QED) is 0.790. The van der Waals surface area contributed by atoms with Crippen molar-refractivity contribution in [3.05, 3.63) is 0 Å². The van der Waals surface area contributed by atoms with Crippen LogP contribution in [0.1, 0.15) is 26.2 Å². The van der Waals surface area contributed by atoms with Gasteiger partial charge in [0.05, 0.1) is 0 Å². The molecule has 17 heavy (non-hydrogen) atoms. The van der Waals surface area contributed by atoms with Gasteiger partial charge < -0.3 is 14.9 Å². The smallest absolute Gasteiger partial charge is 0.326 e. The highest BCUT2D eigenvalue weighted by Crippen LogP contribution is 2.42. The Hall–Kier alpha value is -1.26. The van der Waals surface area contributed by atoms with Crippen molar-refractivity contribution in [1.29, 1.82) is 0 Å². The summed E-state index contributed by atoms with van der Waals surface area (Å²) in [6.45, 7) is 3.12. The number of rotatable bonds is 2. The maximum Gasteiger partial charge on any atom is 0.326 e. The zero-order valence-corrected chi connectivity index (χ0v) is 10.4. The fraction of sp³-hybridized carbons (Fsp3) is 0.833. The van der Waals surface area contributed by atoms with Crippen LogP contribution in [0.15, 0.2) is 0 Å². The van der Waals surface area contributed by atoms with Gasteiger partial charge in [-0.15, -0.1) is 0 Å². The van der Waals surface area contributed by atoms with Gasteiger partial charge in [0.1, 0.15) is 6.04 Å². The Labute approximate surface area is 101 Å². The summed E-state index contributed by atoms with van der Waals surface area (Å²) in [5.74, 6) is -0.288. The second-order valence-corrected chi connectivity index (χ2v) is 5.09. The molecule has 0 radical (unpaired) electrons. The van der Waals surface area contributed by atoms with E-state index in [1.807, 2.05) is 6.92 Å². The Bertz CT molecular complexity index is 332. The van der Waals surface area contributed by atoms with E-state index in [0.717, 1.165) is 19.3 Å². The molecule has 1 aliphatic heterocycles. The summed E-state index contributed by atoms with van der Waals surface area (Å²) in [5.41, 5.74) is 0. The molecule has 0 bridgehead atoms. The van der Waals surface area contributed by atoms with Gasteiger partial charge in [-0.25, -0.2) is 9.59 Å². The van der Waals surface area contributed by atoms with Crippen molar-refractivity contribution in [2.24, 2.45) is 11.8 Å². The molecule has 96 valence electrons. The minimum Gasteiger partial charge on any atom is -0.480 e. The number of carbonyl (C=O) groups is 2. The van der Waals surface area contributed by atoms with E-state index in [0.29, 0.717) is 19.0 Å². The first-order valence-corrected chi connectivity index (χ1v) is 6.30. The van der Waals surface area contributed by atoms with E-state index in [1.165, 1.54) is 0 Å². The molecule has 5 heteroatoms. The maximum atomic E-state index is 12.1. The monoisotopic (exact) mass is 240 g/mol. The standard InChI is InChI=1S/C12H20N2O3/c1-3-13(2)12(17)14-7-8-5-4-6-9(8)10(14)11(15)16/h8-10H,3-7H2,1-2H3,(H,15,16). The molecule has 0 aromatic carbocycles. The van der Waals surface area contributed by atoms with Gasteiger partial charge in [-0.3, -0.25) is 0 Å². The Kier molecular flexibility index (Phi) is 3.26. The van der Waals surface area contributed by atoms with Crippen molar-refractivity contribution in [3.63, 3.8) is 0 Å². The third kappa shape index (κ3) is 1.98. The number of urea groups is 1. The third-order valence-corrected chi connectivity index (χ3v) is 4.19. The molecule has 5 nitrogen and oxygen atoms in total. The third-order valence-electron chi connectivity index (χ3n) is 4.19. The molecule has 2 rings (SSSR count). The SMILES string of the molecule is CCN(C)C(=O)N1CC2CCCC2C1C(=O)O. The normalized spacial score (nSPS) is 31.4. The zero-order valence-electron chi connectivity index (χ0n) is 10.4. The Morgan fingerprint density at radius 2 is 2.12 bits per heavy atom. The largest absolute Gasteiger partial charge is 0.480 e. The molecule has 1 N–H and O–H groups in total. The molecule has 1 saturated heterocycles. The van der Waals surface area contributed by atoms with Gasteiger partial charge in [0.15, 0.2) is 0 Å². The van der Waals surface area contributed by atoms with Gasteiger partial charge in [-0.2, -0.15) is 0 Å². The summed E-state index contributed by atoms with van der Waals surface area (Å²) in [4.78, 5) is 26.6. The van der Waals surface area contributed by atoms with Crippen LogP contribution in [0, 0.1) is 11.8 Å². The first-order valence-electron chi connectivity index (χ1n) is 6.30. The lowest BCUT2D eigenvalue weighted by Crippen LogP contribution is -2.48. The summed E-state index contributed by atoms with van der Waals surface area (Å²) >= 11 is 0. The fourth-order valence-electron chi connectivity index (χ4n) is 3.17. The summed E-state index contributed by atoms with van der Waals surface area (Å²) in [5, 5.41) is 9.32.